The summed E-state index contributed by atoms with van der Waals surface area (Å²) >= 11 is 0. The molecule has 3 nitrogen and oxygen atoms in total. The molecule has 6 atom stereocenters. The van der Waals surface area contributed by atoms with Gasteiger partial charge in [-0.25, -0.2) is 0 Å². The van der Waals surface area contributed by atoms with Gasteiger partial charge in [-0.2, -0.15) is 5.10 Å². The topological polar surface area (TPSA) is 34.9 Å². The van der Waals surface area contributed by atoms with E-state index >= 15 is 0 Å². The highest BCUT2D eigenvalue weighted by atomic mass is 16.1. The van der Waals surface area contributed by atoms with Crippen LogP contribution in [0.1, 0.15) is 77.2 Å². The first-order valence-electron chi connectivity index (χ1n) is 11.2. The molecule has 4 aliphatic rings. The third kappa shape index (κ3) is 2.53. The smallest absolute Gasteiger partial charge is 0.165 e. The Morgan fingerprint density at radius 1 is 1.11 bits per heavy atom. The SMILES string of the molecule is Cn1cc(/C=C2/C[C@H]3[C@@H]4CC[C@@H]5CCCC[C@]5(C)[C@H]4CC[C@]3(C)C2=O)cn1. The molecule has 1 aromatic rings. The summed E-state index contributed by atoms with van der Waals surface area (Å²) in [6.07, 6.45) is 17.9. The van der Waals surface area contributed by atoms with E-state index in [1.165, 1.54) is 44.9 Å². The lowest BCUT2D eigenvalue weighted by Crippen LogP contribution is -2.52. The van der Waals surface area contributed by atoms with E-state index in [0.717, 1.165) is 41.7 Å². The highest BCUT2D eigenvalue weighted by Crippen LogP contribution is 2.66. The zero-order chi connectivity index (χ0) is 18.8. The Morgan fingerprint density at radius 3 is 2.74 bits per heavy atom. The normalized spacial score (nSPS) is 45.4. The minimum atomic E-state index is -0.118. The molecular weight excluding hydrogens is 332 g/mol. The van der Waals surface area contributed by atoms with Crippen LogP contribution < -0.4 is 0 Å². The minimum absolute atomic E-state index is 0.118. The second-order valence-corrected chi connectivity index (χ2v) is 10.5. The number of ketones is 1. The van der Waals surface area contributed by atoms with Crippen molar-refractivity contribution < 1.29 is 4.79 Å². The van der Waals surface area contributed by atoms with Gasteiger partial charge < -0.3 is 0 Å². The Balaban J connectivity index is 1.46. The molecule has 0 spiro atoms. The number of rotatable bonds is 1. The molecule has 1 heterocycles. The molecule has 0 amide bonds. The fourth-order valence-electron chi connectivity index (χ4n) is 7.81. The standard InChI is InChI=1S/C24H34N2O/c1-23-10-5-4-6-18(23)7-8-19-20(23)9-11-24(2)21(19)13-17(22(24)27)12-16-14-25-26(3)15-16/h12,14-15,18-21H,4-11,13H2,1-3H3/b17-12-/t18-,19+,20-,21-,23-,24-/m0/s1. The summed E-state index contributed by atoms with van der Waals surface area (Å²) in [6.45, 7) is 4.90. The van der Waals surface area contributed by atoms with E-state index < -0.39 is 0 Å². The average Bonchev–Trinajstić information content (AvgIpc) is 3.16. The maximum atomic E-state index is 13.4. The Labute approximate surface area is 163 Å². The quantitative estimate of drug-likeness (QED) is 0.622. The van der Waals surface area contributed by atoms with E-state index in [1.54, 1.807) is 0 Å². The van der Waals surface area contributed by atoms with Crippen molar-refractivity contribution in [2.75, 3.05) is 0 Å². The first-order chi connectivity index (χ1) is 12.9. The number of fused-ring (bicyclic) bond motifs is 5. The van der Waals surface area contributed by atoms with Gasteiger partial charge in [0.2, 0.25) is 0 Å². The molecule has 5 rings (SSSR count). The highest BCUT2D eigenvalue weighted by molar-refractivity contribution is 6.05. The maximum absolute atomic E-state index is 13.4. The van der Waals surface area contributed by atoms with Crippen LogP contribution in [-0.4, -0.2) is 15.6 Å². The summed E-state index contributed by atoms with van der Waals surface area (Å²) in [6, 6.07) is 0. The van der Waals surface area contributed by atoms with Gasteiger partial charge in [-0.05, 0) is 85.7 Å². The fraction of sp³-hybridized carbons (Fsp3) is 0.750. The second-order valence-electron chi connectivity index (χ2n) is 10.5. The molecule has 4 aliphatic carbocycles. The summed E-state index contributed by atoms with van der Waals surface area (Å²) in [5, 5.41) is 4.27. The molecule has 0 N–H and O–H groups in total. The van der Waals surface area contributed by atoms with Crippen molar-refractivity contribution in [3.05, 3.63) is 23.5 Å². The van der Waals surface area contributed by atoms with Crippen LogP contribution >= 0.6 is 0 Å². The molecule has 4 fully saturated rings. The maximum Gasteiger partial charge on any atom is 0.165 e. The monoisotopic (exact) mass is 366 g/mol. The number of hydrogen-bond acceptors (Lipinski definition) is 2. The summed E-state index contributed by atoms with van der Waals surface area (Å²) in [4.78, 5) is 13.4. The molecular formula is C24H34N2O. The number of aromatic nitrogens is 2. The number of aryl methyl sites for hydroxylation is 1. The molecule has 146 valence electrons. The Bertz CT molecular complexity index is 792. The number of carbonyl (C=O) groups excluding carboxylic acids is 1. The third-order valence-electron chi connectivity index (χ3n) is 9.29. The van der Waals surface area contributed by atoms with E-state index in [-0.39, 0.29) is 5.41 Å². The number of carbonyl (C=O) groups is 1. The van der Waals surface area contributed by atoms with Crippen molar-refractivity contribution >= 4 is 11.9 Å². The highest BCUT2D eigenvalue weighted by Gasteiger charge is 2.60. The predicted octanol–water partition coefficient (Wildman–Crippen LogP) is 5.42. The third-order valence-corrected chi connectivity index (χ3v) is 9.29. The van der Waals surface area contributed by atoms with E-state index in [0.29, 0.717) is 17.1 Å². The van der Waals surface area contributed by atoms with Crippen LogP contribution in [0.2, 0.25) is 0 Å². The van der Waals surface area contributed by atoms with Crippen LogP contribution in [0.15, 0.2) is 18.0 Å². The van der Waals surface area contributed by atoms with Gasteiger partial charge in [0.25, 0.3) is 0 Å². The molecule has 3 heteroatoms. The average molecular weight is 367 g/mol. The Morgan fingerprint density at radius 2 is 1.96 bits per heavy atom. The molecule has 0 aliphatic heterocycles. The van der Waals surface area contributed by atoms with Crippen molar-refractivity contribution in [3.63, 3.8) is 0 Å². The van der Waals surface area contributed by atoms with Crippen molar-refractivity contribution in [3.8, 4) is 0 Å². The molecule has 0 saturated heterocycles. The molecule has 0 radical (unpaired) electrons. The molecule has 27 heavy (non-hydrogen) atoms. The first kappa shape index (κ1) is 17.7. The van der Waals surface area contributed by atoms with Gasteiger partial charge in [-0.15, -0.1) is 0 Å². The van der Waals surface area contributed by atoms with Crippen molar-refractivity contribution in [1.29, 1.82) is 0 Å². The number of allylic oxidation sites excluding steroid dienone is 1. The number of Topliss-reactive ketones (excluding diaryl/α,β-unsaturated/α-hetero) is 1. The Kier molecular flexibility index (Phi) is 3.97. The van der Waals surface area contributed by atoms with Gasteiger partial charge in [0, 0.05) is 24.2 Å². The fourth-order valence-corrected chi connectivity index (χ4v) is 7.81. The molecule has 1 aromatic heterocycles. The first-order valence-corrected chi connectivity index (χ1v) is 11.2. The van der Waals surface area contributed by atoms with Gasteiger partial charge in [0.15, 0.2) is 5.78 Å². The van der Waals surface area contributed by atoms with Crippen LogP contribution in [0.5, 0.6) is 0 Å². The van der Waals surface area contributed by atoms with Gasteiger partial charge in [0.1, 0.15) is 0 Å². The van der Waals surface area contributed by atoms with Gasteiger partial charge in [-0.3, -0.25) is 9.48 Å². The number of hydrogen-bond donors (Lipinski definition) is 0. The predicted molar refractivity (Wildman–Crippen MR) is 108 cm³/mol. The lowest BCUT2D eigenvalue weighted by atomic mass is 9.45. The number of nitrogens with zero attached hydrogens (tertiary/aromatic N) is 2. The summed E-state index contributed by atoms with van der Waals surface area (Å²) in [5.74, 6) is 3.54. The minimum Gasteiger partial charge on any atom is -0.294 e. The van der Waals surface area contributed by atoms with Crippen molar-refractivity contribution in [1.82, 2.24) is 9.78 Å². The summed E-state index contributed by atoms with van der Waals surface area (Å²) in [5.41, 5.74) is 2.56. The zero-order valence-electron chi connectivity index (χ0n) is 17.2. The van der Waals surface area contributed by atoms with Crippen molar-refractivity contribution in [2.24, 2.45) is 41.5 Å². The van der Waals surface area contributed by atoms with Crippen LogP contribution in [0.3, 0.4) is 0 Å². The van der Waals surface area contributed by atoms with Crippen LogP contribution in [0, 0.1) is 34.5 Å². The Hall–Kier alpha value is -1.38. The van der Waals surface area contributed by atoms with E-state index in [2.05, 4.69) is 25.0 Å². The zero-order valence-corrected chi connectivity index (χ0v) is 17.2. The molecule has 0 aromatic carbocycles. The van der Waals surface area contributed by atoms with Gasteiger partial charge >= 0.3 is 0 Å². The van der Waals surface area contributed by atoms with Crippen molar-refractivity contribution in [2.45, 2.75) is 71.6 Å². The van der Waals surface area contributed by atoms with E-state index in [9.17, 15) is 4.79 Å². The van der Waals surface area contributed by atoms with E-state index in [4.69, 9.17) is 0 Å². The van der Waals surface area contributed by atoms with Gasteiger partial charge in [0.05, 0.1) is 6.20 Å². The molecule has 4 saturated carbocycles. The van der Waals surface area contributed by atoms with Crippen LogP contribution in [0.4, 0.5) is 0 Å². The van der Waals surface area contributed by atoms with Gasteiger partial charge in [-0.1, -0.05) is 26.7 Å². The second kappa shape index (κ2) is 6.06. The summed E-state index contributed by atoms with van der Waals surface area (Å²) < 4.78 is 1.82. The molecule has 0 bridgehead atoms. The molecule has 0 unspecified atom stereocenters. The van der Waals surface area contributed by atoms with Crippen LogP contribution in [-0.2, 0) is 11.8 Å². The van der Waals surface area contributed by atoms with Crippen LogP contribution in [0.25, 0.3) is 6.08 Å². The lowest BCUT2D eigenvalue weighted by molar-refractivity contribution is -0.137. The summed E-state index contributed by atoms with van der Waals surface area (Å²) in [7, 11) is 1.94. The van der Waals surface area contributed by atoms with E-state index in [1.807, 2.05) is 24.1 Å². The lowest BCUT2D eigenvalue weighted by Gasteiger charge is -2.59. The largest absolute Gasteiger partial charge is 0.294 e.